The van der Waals surface area contributed by atoms with Crippen LogP contribution in [0.4, 0.5) is 0 Å². The van der Waals surface area contributed by atoms with E-state index >= 15 is 0 Å². The van der Waals surface area contributed by atoms with Crippen LogP contribution in [-0.4, -0.2) is 74.7 Å². The molecule has 3 fully saturated rings. The monoisotopic (exact) mass is 295 g/mol. The Morgan fingerprint density at radius 1 is 1.19 bits per heavy atom. The summed E-state index contributed by atoms with van der Waals surface area (Å²) in [5, 5.41) is 3.50. The minimum absolute atomic E-state index is 0.100. The Hall–Kier alpha value is -0.650. The Kier molecular flexibility index (Phi) is 5.14. The average molecular weight is 295 g/mol. The Balaban J connectivity index is 1.53. The minimum Gasteiger partial charge on any atom is -0.383 e. The zero-order valence-corrected chi connectivity index (χ0v) is 13.2. The van der Waals surface area contributed by atoms with Crippen LogP contribution in [0.1, 0.15) is 25.7 Å². The van der Waals surface area contributed by atoms with E-state index in [-0.39, 0.29) is 6.04 Å². The van der Waals surface area contributed by atoms with Gasteiger partial charge in [0.2, 0.25) is 5.91 Å². The molecule has 21 heavy (non-hydrogen) atoms. The molecule has 3 unspecified atom stereocenters. The van der Waals surface area contributed by atoms with Crippen molar-refractivity contribution in [3.63, 3.8) is 0 Å². The molecule has 2 heterocycles. The summed E-state index contributed by atoms with van der Waals surface area (Å²) in [7, 11) is 1.75. The van der Waals surface area contributed by atoms with Crippen molar-refractivity contribution in [3.8, 4) is 0 Å². The molecule has 0 aromatic rings. The van der Waals surface area contributed by atoms with Crippen molar-refractivity contribution in [1.82, 2.24) is 15.1 Å². The Labute approximate surface area is 128 Å². The number of hydrogen-bond acceptors (Lipinski definition) is 4. The zero-order valence-electron chi connectivity index (χ0n) is 13.2. The molecule has 1 aliphatic carbocycles. The normalized spacial score (nSPS) is 34.0. The first kappa shape index (κ1) is 15.3. The predicted molar refractivity (Wildman–Crippen MR) is 82.1 cm³/mol. The molecule has 5 heteroatoms. The van der Waals surface area contributed by atoms with Gasteiger partial charge in [0.25, 0.3) is 0 Å². The summed E-state index contributed by atoms with van der Waals surface area (Å²) in [5.74, 6) is 1.72. The number of carbonyl (C=O) groups is 1. The SMILES string of the molecule is COCCN1CCCN(C(=O)C2NCC3CCCC32)CC1. The number of ether oxygens (including phenoxy) is 1. The fraction of sp³-hybridized carbons (Fsp3) is 0.938. The molecule has 0 spiro atoms. The lowest BCUT2D eigenvalue weighted by molar-refractivity contribution is -0.134. The van der Waals surface area contributed by atoms with E-state index < -0.39 is 0 Å². The molecule has 1 saturated carbocycles. The predicted octanol–water partition coefficient (Wildman–Crippen LogP) is 0.555. The smallest absolute Gasteiger partial charge is 0.240 e. The van der Waals surface area contributed by atoms with E-state index in [1.807, 2.05) is 0 Å². The quantitative estimate of drug-likeness (QED) is 0.823. The van der Waals surface area contributed by atoms with Gasteiger partial charge in [-0.2, -0.15) is 0 Å². The van der Waals surface area contributed by atoms with Crippen molar-refractivity contribution in [2.75, 3.05) is 53.0 Å². The molecular formula is C16H29N3O2. The summed E-state index contributed by atoms with van der Waals surface area (Å²) in [6.07, 6.45) is 4.94. The number of nitrogens with one attached hydrogen (secondary N) is 1. The second-order valence-electron chi connectivity index (χ2n) is 6.75. The lowest BCUT2D eigenvalue weighted by Gasteiger charge is -2.27. The van der Waals surface area contributed by atoms with Gasteiger partial charge in [0.1, 0.15) is 0 Å². The summed E-state index contributed by atoms with van der Waals surface area (Å²) in [5.41, 5.74) is 0. The van der Waals surface area contributed by atoms with Gasteiger partial charge in [-0.1, -0.05) is 6.42 Å². The molecule has 2 aliphatic heterocycles. The van der Waals surface area contributed by atoms with Crippen molar-refractivity contribution in [3.05, 3.63) is 0 Å². The number of methoxy groups -OCH3 is 1. The summed E-state index contributed by atoms with van der Waals surface area (Å²) < 4.78 is 5.16. The molecular weight excluding hydrogens is 266 g/mol. The van der Waals surface area contributed by atoms with Crippen LogP contribution in [0.15, 0.2) is 0 Å². The molecule has 0 aromatic heterocycles. The standard InChI is InChI=1S/C16H29N3O2/c1-21-11-10-18-6-3-7-19(9-8-18)16(20)15-14-5-2-4-13(14)12-17-15/h13-15,17H,2-12H2,1H3. The second-order valence-corrected chi connectivity index (χ2v) is 6.75. The average Bonchev–Trinajstić information content (AvgIpc) is 3.02. The van der Waals surface area contributed by atoms with E-state index in [1.54, 1.807) is 7.11 Å². The molecule has 3 rings (SSSR count). The zero-order chi connectivity index (χ0) is 14.7. The molecule has 1 N–H and O–H groups in total. The summed E-state index contributed by atoms with van der Waals surface area (Å²) >= 11 is 0. The highest BCUT2D eigenvalue weighted by atomic mass is 16.5. The minimum atomic E-state index is 0.100. The van der Waals surface area contributed by atoms with Crippen LogP contribution in [0.3, 0.4) is 0 Å². The van der Waals surface area contributed by atoms with Gasteiger partial charge in [-0.15, -0.1) is 0 Å². The third-order valence-electron chi connectivity index (χ3n) is 5.52. The van der Waals surface area contributed by atoms with Gasteiger partial charge >= 0.3 is 0 Å². The first-order chi connectivity index (χ1) is 10.3. The largest absolute Gasteiger partial charge is 0.383 e. The van der Waals surface area contributed by atoms with Crippen LogP contribution >= 0.6 is 0 Å². The Morgan fingerprint density at radius 2 is 2.10 bits per heavy atom. The van der Waals surface area contributed by atoms with Crippen molar-refractivity contribution < 1.29 is 9.53 Å². The third-order valence-corrected chi connectivity index (χ3v) is 5.52. The molecule has 0 aromatic carbocycles. The van der Waals surface area contributed by atoms with Crippen LogP contribution < -0.4 is 5.32 Å². The fourth-order valence-corrected chi connectivity index (χ4v) is 4.29. The Morgan fingerprint density at radius 3 is 2.95 bits per heavy atom. The van der Waals surface area contributed by atoms with Gasteiger partial charge < -0.3 is 15.0 Å². The molecule has 1 amide bonds. The Bertz CT molecular complexity index is 363. The summed E-state index contributed by atoms with van der Waals surface area (Å²) in [6, 6.07) is 0.100. The number of amides is 1. The van der Waals surface area contributed by atoms with Crippen LogP contribution in [0.5, 0.6) is 0 Å². The highest BCUT2D eigenvalue weighted by molar-refractivity contribution is 5.82. The van der Waals surface area contributed by atoms with Gasteiger partial charge in [-0.05, 0) is 44.2 Å². The third kappa shape index (κ3) is 3.41. The maximum atomic E-state index is 12.8. The van der Waals surface area contributed by atoms with Crippen molar-refractivity contribution in [1.29, 1.82) is 0 Å². The summed E-state index contributed by atoms with van der Waals surface area (Å²) in [4.78, 5) is 17.4. The number of fused-ring (bicyclic) bond motifs is 1. The van der Waals surface area contributed by atoms with Crippen LogP contribution in [0.25, 0.3) is 0 Å². The highest BCUT2D eigenvalue weighted by Gasteiger charge is 2.43. The second kappa shape index (κ2) is 7.07. The number of hydrogen-bond donors (Lipinski definition) is 1. The van der Waals surface area contributed by atoms with Crippen molar-refractivity contribution >= 4 is 5.91 Å². The van der Waals surface area contributed by atoms with Crippen LogP contribution in [-0.2, 0) is 9.53 Å². The highest BCUT2D eigenvalue weighted by Crippen LogP contribution is 2.38. The van der Waals surface area contributed by atoms with Gasteiger partial charge in [0, 0.05) is 33.3 Å². The molecule has 5 nitrogen and oxygen atoms in total. The first-order valence-electron chi connectivity index (χ1n) is 8.53. The molecule has 3 aliphatic rings. The molecule has 0 radical (unpaired) electrons. The topological polar surface area (TPSA) is 44.8 Å². The fourth-order valence-electron chi connectivity index (χ4n) is 4.29. The lowest BCUT2D eigenvalue weighted by Crippen LogP contribution is -2.47. The molecule has 0 bridgehead atoms. The van der Waals surface area contributed by atoms with Crippen molar-refractivity contribution in [2.24, 2.45) is 11.8 Å². The molecule has 3 atom stereocenters. The summed E-state index contributed by atoms with van der Waals surface area (Å²) in [6.45, 7) is 6.66. The molecule has 2 saturated heterocycles. The van der Waals surface area contributed by atoms with Gasteiger partial charge in [-0.3, -0.25) is 9.69 Å². The maximum Gasteiger partial charge on any atom is 0.240 e. The van der Waals surface area contributed by atoms with E-state index in [2.05, 4.69) is 15.1 Å². The lowest BCUT2D eigenvalue weighted by atomic mass is 9.93. The van der Waals surface area contributed by atoms with Crippen LogP contribution in [0.2, 0.25) is 0 Å². The first-order valence-corrected chi connectivity index (χ1v) is 8.53. The van der Waals surface area contributed by atoms with Crippen molar-refractivity contribution in [2.45, 2.75) is 31.7 Å². The van der Waals surface area contributed by atoms with E-state index in [1.165, 1.54) is 19.3 Å². The van der Waals surface area contributed by atoms with E-state index in [0.717, 1.165) is 58.2 Å². The van der Waals surface area contributed by atoms with Gasteiger partial charge in [0.05, 0.1) is 12.6 Å². The van der Waals surface area contributed by atoms with E-state index in [4.69, 9.17) is 4.74 Å². The number of nitrogens with zero attached hydrogens (tertiary/aromatic N) is 2. The van der Waals surface area contributed by atoms with E-state index in [9.17, 15) is 4.79 Å². The van der Waals surface area contributed by atoms with E-state index in [0.29, 0.717) is 11.8 Å². The van der Waals surface area contributed by atoms with Gasteiger partial charge in [-0.25, -0.2) is 0 Å². The maximum absolute atomic E-state index is 12.8. The molecule has 120 valence electrons. The number of carbonyl (C=O) groups excluding carboxylic acids is 1. The number of rotatable bonds is 4. The van der Waals surface area contributed by atoms with Crippen LogP contribution in [0, 0.1) is 11.8 Å². The van der Waals surface area contributed by atoms with Gasteiger partial charge in [0.15, 0.2) is 0 Å².